The van der Waals surface area contributed by atoms with Crippen molar-refractivity contribution < 1.29 is 9.84 Å². The Labute approximate surface area is 184 Å². The number of hydrogen-bond donors (Lipinski definition) is 3. The summed E-state index contributed by atoms with van der Waals surface area (Å²) in [6.07, 6.45) is 1.71. The summed E-state index contributed by atoms with van der Waals surface area (Å²) in [5.41, 5.74) is 15.0. The summed E-state index contributed by atoms with van der Waals surface area (Å²) in [7, 11) is 1.55. The highest BCUT2D eigenvalue weighted by molar-refractivity contribution is 7.13. The Morgan fingerprint density at radius 3 is 2.68 bits per heavy atom. The number of ether oxygens (including phenoxy) is 1. The van der Waals surface area contributed by atoms with E-state index in [1.807, 2.05) is 16.0 Å². The zero-order chi connectivity index (χ0) is 21.7. The van der Waals surface area contributed by atoms with Gasteiger partial charge in [-0.25, -0.2) is 15.0 Å². The number of imidazole rings is 1. The Balaban J connectivity index is 1.89. The van der Waals surface area contributed by atoms with Crippen molar-refractivity contribution in [2.24, 2.45) is 0 Å². The van der Waals surface area contributed by atoms with E-state index < -0.39 is 0 Å². The maximum Gasteiger partial charge on any atom is 0.222 e. The van der Waals surface area contributed by atoms with Gasteiger partial charge >= 0.3 is 0 Å². The monoisotopic (exact) mass is 453 g/mol. The molecular formula is C20H16ClN7O2S. The van der Waals surface area contributed by atoms with Crippen LogP contribution in [0.2, 0.25) is 5.02 Å². The Bertz CT molecular complexity index is 1450. The van der Waals surface area contributed by atoms with E-state index in [-0.39, 0.29) is 18.4 Å². The number of fused-ring (bicyclic) bond motifs is 2. The zero-order valence-corrected chi connectivity index (χ0v) is 17.8. The minimum Gasteiger partial charge on any atom is -0.496 e. The third kappa shape index (κ3) is 3.12. The van der Waals surface area contributed by atoms with E-state index in [9.17, 15) is 5.11 Å². The first-order chi connectivity index (χ1) is 15.0. The minimum atomic E-state index is -0.176. The molecular weight excluding hydrogens is 438 g/mol. The summed E-state index contributed by atoms with van der Waals surface area (Å²) in [5, 5.41) is 13.3. The maximum absolute atomic E-state index is 9.72. The molecule has 0 radical (unpaired) electrons. The Hall–Kier alpha value is -3.47. The molecule has 0 spiro atoms. The molecule has 0 saturated carbocycles. The minimum absolute atomic E-state index is 0.0724. The number of nitrogen functional groups attached to an aromatic ring is 2. The van der Waals surface area contributed by atoms with Crippen LogP contribution in [-0.2, 0) is 6.61 Å². The van der Waals surface area contributed by atoms with Crippen molar-refractivity contribution in [2.75, 3.05) is 18.6 Å². The van der Waals surface area contributed by atoms with Gasteiger partial charge in [0.05, 0.1) is 41.0 Å². The van der Waals surface area contributed by atoms with Crippen LogP contribution in [0.3, 0.4) is 0 Å². The molecule has 5 aromatic rings. The summed E-state index contributed by atoms with van der Waals surface area (Å²) >= 11 is 8.14. The Morgan fingerprint density at radius 2 is 1.97 bits per heavy atom. The van der Waals surface area contributed by atoms with Crippen LogP contribution < -0.4 is 16.2 Å². The number of nitrogens with two attached hydrogens (primary N) is 2. The lowest BCUT2D eigenvalue weighted by atomic mass is 10.1. The van der Waals surface area contributed by atoms with E-state index in [2.05, 4.69) is 15.0 Å². The number of aromatic nitrogens is 5. The lowest BCUT2D eigenvalue weighted by Crippen LogP contribution is -2.03. The van der Waals surface area contributed by atoms with Gasteiger partial charge in [-0.3, -0.25) is 4.57 Å². The molecule has 11 heteroatoms. The molecule has 0 unspecified atom stereocenters. The van der Waals surface area contributed by atoms with E-state index in [0.717, 1.165) is 5.52 Å². The molecule has 156 valence electrons. The van der Waals surface area contributed by atoms with Gasteiger partial charge in [-0.1, -0.05) is 11.6 Å². The number of aliphatic hydroxyl groups excluding tert-OH is 1. The third-order valence-electron chi connectivity index (χ3n) is 4.90. The molecule has 9 nitrogen and oxygen atoms in total. The number of halogens is 1. The average Bonchev–Trinajstić information content (AvgIpc) is 3.40. The highest BCUT2D eigenvalue weighted by atomic mass is 35.5. The van der Waals surface area contributed by atoms with Gasteiger partial charge in [-0.2, -0.15) is 4.98 Å². The predicted molar refractivity (Wildman–Crippen MR) is 122 cm³/mol. The highest BCUT2D eigenvalue weighted by Crippen LogP contribution is 2.37. The van der Waals surface area contributed by atoms with Gasteiger partial charge in [0, 0.05) is 28.6 Å². The van der Waals surface area contributed by atoms with Crippen molar-refractivity contribution in [1.82, 2.24) is 24.5 Å². The van der Waals surface area contributed by atoms with Gasteiger partial charge < -0.3 is 21.3 Å². The van der Waals surface area contributed by atoms with E-state index in [1.54, 1.807) is 31.5 Å². The molecule has 0 aliphatic heterocycles. The molecule has 0 aliphatic rings. The van der Waals surface area contributed by atoms with Gasteiger partial charge in [-0.05, 0) is 18.2 Å². The lowest BCUT2D eigenvalue weighted by Gasteiger charge is -2.13. The van der Waals surface area contributed by atoms with Crippen LogP contribution in [0.15, 0.2) is 35.8 Å². The van der Waals surface area contributed by atoms with Crippen LogP contribution in [0.25, 0.3) is 38.5 Å². The van der Waals surface area contributed by atoms with E-state index in [4.69, 9.17) is 32.8 Å². The SMILES string of the molecule is COc1cc2c(cc1CO)nc(-c1nccs1)n2-c1cc2nc(N)nc(N)c2cc1Cl. The molecule has 0 atom stereocenters. The normalized spacial score (nSPS) is 11.5. The second kappa shape index (κ2) is 7.34. The average molecular weight is 454 g/mol. The third-order valence-corrected chi connectivity index (χ3v) is 5.97. The Morgan fingerprint density at radius 1 is 1.13 bits per heavy atom. The van der Waals surface area contributed by atoms with E-state index in [0.29, 0.717) is 49.3 Å². The van der Waals surface area contributed by atoms with Gasteiger partial charge in [0.25, 0.3) is 0 Å². The smallest absolute Gasteiger partial charge is 0.222 e. The quantitative estimate of drug-likeness (QED) is 0.376. The summed E-state index contributed by atoms with van der Waals surface area (Å²) in [6, 6.07) is 7.09. The number of rotatable bonds is 4. The molecule has 5 rings (SSSR count). The summed E-state index contributed by atoms with van der Waals surface area (Å²) in [4.78, 5) is 17.5. The number of aliphatic hydroxyl groups is 1. The topological polar surface area (TPSA) is 138 Å². The van der Waals surface area contributed by atoms with E-state index in [1.165, 1.54) is 11.3 Å². The van der Waals surface area contributed by atoms with Crippen LogP contribution in [0, 0.1) is 0 Å². The molecule has 0 aliphatic carbocycles. The first kappa shape index (κ1) is 19.5. The summed E-state index contributed by atoms with van der Waals surface area (Å²) in [5.74, 6) is 1.46. The number of anilines is 2. The maximum atomic E-state index is 9.72. The van der Waals surface area contributed by atoms with E-state index >= 15 is 0 Å². The number of benzene rings is 2. The molecule has 3 heterocycles. The van der Waals surface area contributed by atoms with Crippen LogP contribution in [-0.4, -0.2) is 36.7 Å². The number of nitrogens with zero attached hydrogens (tertiary/aromatic N) is 5. The second-order valence-electron chi connectivity index (χ2n) is 6.71. The zero-order valence-electron chi connectivity index (χ0n) is 16.2. The Kier molecular flexibility index (Phi) is 4.62. The number of hydrogen-bond acceptors (Lipinski definition) is 9. The molecule has 0 bridgehead atoms. The van der Waals surface area contributed by atoms with Crippen molar-refractivity contribution in [3.63, 3.8) is 0 Å². The standard InChI is InChI=1S/C20H16ClN7O2S/c1-30-16-7-15-13(4-9(16)8-29)25-18(19-24-2-3-31-19)28(15)14-6-12-10(5-11(14)21)17(22)27-20(23)26-12/h2-7,29H,8H2,1H3,(H4,22,23,26,27). The number of methoxy groups -OCH3 is 1. The number of thiazole rings is 1. The molecule has 0 fully saturated rings. The largest absolute Gasteiger partial charge is 0.496 e. The van der Waals surface area contributed by atoms with Crippen molar-refractivity contribution in [1.29, 1.82) is 0 Å². The van der Waals surface area contributed by atoms with Crippen molar-refractivity contribution in [2.45, 2.75) is 6.61 Å². The lowest BCUT2D eigenvalue weighted by molar-refractivity contribution is 0.274. The summed E-state index contributed by atoms with van der Waals surface area (Å²) in [6.45, 7) is -0.176. The molecule has 3 aromatic heterocycles. The van der Waals surface area contributed by atoms with Crippen LogP contribution >= 0.6 is 22.9 Å². The molecule has 0 amide bonds. The fourth-order valence-corrected chi connectivity index (χ4v) is 4.40. The van der Waals surface area contributed by atoms with Crippen molar-refractivity contribution >= 4 is 56.6 Å². The van der Waals surface area contributed by atoms with Gasteiger partial charge in [0.15, 0.2) is 10.8 Å². The molecule has 0 saturated heterocycles. The van der Waals surface area contributed by atoms with Crippen molar-refractivity contribution in [3.05, 3.63) is 46.4 Å². The van der Waals surface area contributed by atoms with Gasteiger partial charge in [-0.15, -0.1) is 11.3 Å². The first-order valence-corrected chi connectivity index (χ1v) is 10.4. The van der Waals surface area contributed by atoms with Crippen LogP contribution in [0.1, 0.15) is 5.56 Å². The van der Waals surface area contributed by atoms with Gasteiger partial charge in [0.1, 0.15) is 11.6 Å². The predicted octanol–water partition coefficient (Wildman–Crippen LogP) is 3.41. The fraction of sp³-hybridized carbons (Fsp3) is 0.100. The van der Waals surface area contributed by atoms with Crippen LogP contribution in [0.4, 0.5) is 11.8 Å². The highest BCUT2D eigenvalue weighted by Gasteiger charge is 2.21. The second-order valence-corrected chi connectivity index (χ2v) is 8.01. The van der Waals surface area contributed by atoms with Crippen molar-refractivity contribution in [3.8, 4) is 22.3 Å². The van der Waals surface area contributed by atoms with Gasteiger partial charge in [0.2, 0.25) is 5.95 Å². The molecule has 31 heavy (non-hydrogen) atoms. The fourth-order valence-electron chi connectivity index (χ4n) is 3.53. The molecule has 5 N–H and O–H groups in total. The van der Waals surface area contributed by atoms with Crippen LogP contribution in [0.5, 0.6) is 5.75 Å². The first-order valence-electron chi connectivity index (χ1n) is 9.13. The molecule has 2 aromatic carbocycles. The summed E-state index contributed by atoms with van der Waals surface area (Å²) < 4.78 is 7.35.